The molecule has 2 N–H and O–H groups in total. The van der Waals surface area contributed by atoms with Crippen molar-refractivity contribution in [3.8, 4) is 17.2 Å². The number of carbonyl (C=O) groups is 1. The number of carbonyl (C=O) groups excluding carboxylic acids is 1. The first-order valence-corrected chi connectivity index (χ1v) is 8.81. The van der Waals surface area contributed by atoms with E-state index >= 15 is 0 Å². The highest BCUT2D eigenvalue weighted by molar-refractivity contribution is 5.91. The molecule has 142 valence electrons. The molecule has 2 aromatic carbocycles. The fourth-order valence-electron chi connectivity index (χ4n) is 3.15. The Kier molecular flexibility index (Phi) is 5.86. The first-order chi connectivity index (χ1) is 13.2. The van der Waals surface area contributed by atoms with E-state index in [9.17, 15) is 4.79 Å². The quantitative estimate of drug-likeness (QED) is 0.626. The molecular formula is C21H24N2O4. The fraction of sp³-hybridized carbons (Fsp3) is 0.286. The number of fused-ring (bicyclic) bond motifs is 1. The van der Waals surface area contributed by atoms with Gasteiger partial charge in [-0.15, -0.1) is 0 Å². The lowest BCUT2D eigenvalue weighted by molar-refractivity contribution is -0.116. The van der Waals surface area contributed by atoms with Crippen molar-refractivity contribution < 1.29 is 19.0 Å². The maximum atomic E-state index is 12.3. The third kappa shape index (κ3) is 4.16. The monoisotopic (exact) mass is 368 g/mol. The van der Waals surface area contributed by atoms with Gasteiger partial charge in [-0.25, -0.2) is 0 Å². The van der Waals surface area contributed by atoms with Crippen LogP contribution in [0.3, 0.4) is 0 Å². The van der Waals surface area contributed by atoms with Gasteiger partial charge in [0.1, 0.15) is 0 Å². The molecule has 0 fully saturated rings. The summed E-state index contributed by atoms with van der Waals surface area (Å²) in [5, 5.41) is 4.11. The predicted octanol–water partition coefficient (Wildman–Crippen LogP) is 4.16. The van der Waals surface area contributed by atoms with Crippen LogP contribution >= 0.6 is 0 Å². The third-order valence-corrected chi connectivity index (χ3v) is 4.47. The molecule has 0 saturated heterocycles. The van der Waals surface area contributed by atoms with Gasteiger partial charge in [0.15, 0.2) is 11.5 Å². The van der Waals surface area contributed by atoms with Crippen LogP contribution in [0.4, 0.5) is 5.69 Å². The molecule has 0 aliphatic heterocycles. The van der Waals surface area contributed by atoms with Gasteiger partial charge in [0, 0.05) is 41.3 Å². The first kappa shape index (κ1) is 18.6. The van der Waals surface area contributed by atoms with Crippen LogP contribution < -0.4 is 19.5 Å². The average Bonchev–Trinajstić information content (AvgIpc) is 3.10. The number of aryl methyl sites for hydroxylation is 1. The van der Waals surface area contributed by atoms with Gasteiger partial charge in [-0.05, 0) is 24.5 Å². The van der Waals surface area contributed by atoms with Crippen LogP contribution in [-0.2, 0) is 11.2 Å². The highest BCUT2D eigenvalue weighted by Gasteiger charge is 2.14. The van der Waals surface area contributed by atoms with Crippen molar-refractivity contribution >= 4 is 22.5 Å². The standard InChI is InChI=1S/C21H24N2O4/c1-25-18-11-15(12-19(26-2)21(18)27-3)23-20(24)10-6-7-14-13-22-17-9-5-4-8-16(14)17/h4-5,8-9,11-13,22H,6-7,10H2,1-3H3,(H,23,24). The van der Waals surface area contributed by atoms with Crippen molar-refractivity contribution in [3.05, 3.63) is 48.2 Å². The highest BCUT2D eigenvalue weighted by Crippen LogP contribution is 2.39. The molecule has 1 aromatic heterocycles. The number of benzene rings is 2. The summed E-state index contributed by atoms with van der Waals surface area (Å²) in [5.41, 5.74) is 2.96. The molecule has 6 heteroatoms. The highest BCUT2D eigenvalue weighted by atomic mass is 16.5. The summed E-state index contributed by atoms with van der Waals surface area (Å²) in [6, 6.07) is 11.6. The first-order valence-electron chi connectivity index (χ1n) is 8.81. The molecule has 0 saturated carbocycles. The van der Waals surface area contributed by atoms with Crippen LogP contribution in [-0.4, -0.2) is 32.2 Å². The maximum absolute atomic E-state index is 12.3. The van der Waals surface area contributed by atoms with Gasteiger partial charge in [0.05, 0.1) is 21.3 Å². The van der Waals surface area contributed by atoms with Crippen molar-refractivity contribution in [2.24, 2.45) is 0 Å². The van der Waals surface area contributed by atoms with E-state index in [0.29, 0.717) is 29.4 Å². The van der Waals surface area contributed by atoms with Gasteiger partial charge in [-0.1, -0.05) is 18.2 Å². The van der Waals surface area contributed by atoms with Gasteiger partial charge in [0.25, 0.3) is 0 Å². The number of hydrogen-bond donors (Lipinski definition) is 2. The number of H-pyrrole nitrogens is 1. The van der Waals surface area contributed by atoms with Crippen molar-refractivity contribution in [2.75, 3.05) is 26.6 Å². The summed E-state index contributed by atoms with van der Waals surface area (Å²) >= 11 is 0. The smallest absolute Gasteiger partial charge is 0.224 e. The Morgan fingerprint density at radius 2 is 1.74 bits per heavy atom. The van der Waals surface area contributed by atoms with Crippen molar-refractivity contribution in [1.29, 1.82) is 0 Å². The van der Waals surface area contributed by atoms with Gasteiger partial charge >= 0.3 is 0 Å². The number of aromatic nitrogens is 1. The van der Waals surface area contributed by atoms with Crippen molar-refractivity contribution in [1.82, 2.24) is 4.98 Å². The van der Waals surface area contributed by atoms with E-state index in [0.717, 1.165) is 18.4 Å². The summed E-state index contributed by atoms with van der Waals surface area (Å²) in [5.74, 6) is 1.46. The SMILES string of the molecule is COc1cc(NC(=O)CCCc2c[nH]c3ccccc23)cc(OC)c1OC. The van der Waals surface area contributed by atoms with E-state index < -0.39 is 0 Å². The van der Waals surface area contributed by atoms with Gasteiger partial charge < -0.3 is 24.5 Å². The summed E-state index contributed by atoms with van der Waals surface area (Å²) in [6.07, 6.45) is 4.04. The molecule has 3 rings (SSSR count). The Balaban J connectivity index is 1.61. The second kappa shape index (κ2) is 8.49. The summed E-state index contributed by atoms with van der Waals surface area (Å²) < 4.78 is 15.9. The van der Waals surface area contributed by atoms with Crippen LogP contribution in [0.2, 0.25) is 0 Å². The number of amides is 1. The van der Waals surface area contributed by atoms with E-state index in [1.54, 1.807) is 33.5 Å². The summed E-state index contributed by atoms with van der Waals surface area (Å²) in [6.45, 7) is 0. The van der Waals surface area contributed by atoms with Crippen LogP contribution in [0, 0.1) is 0 Å². The number of ether oxygens (including phenoxy) is 3. The zero-order valence-corrected chi connectivity index (χ0v) is 15.8. The molecular weight excluding hydrogens is 344 g/mol. The van der Waals surface area contributed by atoms with Crippen LogP contribution in [0.5, 0.6) is 17.2 Å². The molecule has 0 bridgehead atoms. The molecule has 6 nitrogen and oxygen atoms in total. The third-order valence-electron chi connectivity index (χ3n) is 4.47. The zero-order valence-electron chi connectivity index (χ0n) is 15.8. The molecule has 0 spiro atoms. The minimum absolute atomic E-state index is 0.0517. The number of para-hydroxylation sites is 1. The number of aromatic amines is 1. The molecule has 0 aliphatic rings. The predicted molar refractivity (Wildman–Crippen MR) is 106 cm³/mol. The topological polar surface area (TPSA) is 72.6 Å². The number of methoxy groups -OCH3 is 3. The molecule has 0 radical (unpaired) electrons. The Bertz CT molecular complexity index is 908. The molecule has 0 atom stereocenters. The molecule has 27 heavy (non-hydrogen) atoms. The number of anilines is 1. The van der Waals surface area contributed by atoms with Gasteiger partial charge in [-0.3, -0.25) is 4.79 Å². The van der Waals surface area contributed by atoms with E-state index in [2.05, 4.69) is 22.4 Å². The Hall–Kier alpha value is -3.15. The lowest BCUT2D eigenvalue weighted by Gasteiger charge is -2.14. The number of hydrogen-bond acceptors (Lipinski definition) is 4. The molecule has 1 heterocycles. The maximum Gasteiger partial charge on any atom is 0.224 e. The summed E-state index contributed by atoms with van der Waals surface area (Å²) in [7, 11) is 4.64. The minimum atomic E-state index is -0.0517. The van der Waals surface area contributed by atoms with Crippen LogP contribution in [0.1, 0.15) is 18.4 Å². The molecule has 0 unspecified atom stereocenters. The molecule has 3 aromatic rings. The lowest BCUT2D eigenvalue weighted by atomic mass is 10.1. The second-order valence-electron chi connectivity index (χ2n) is 6.18. The van der Waals surface area contributed by atoms with Gasteiger partial charge in [0.2, 0.25) is 11.7 Å². The second-order valence-corrected chi connectivity index (χ2v) is 6.18. The molecule has 0 aliphatic carbocycles. The molecule has 1 amide bonds. The van der Waals surface area contributed by atoms with E-state index in [-0.39, 0.29) is 5.91 Å². The minimum Gasteiger partial charge on any atom is -0.493 e. The zero-order chi connectivity index (χ0) is 19.2. The van der Waals surface area contributed by atoms with E-state index in [1.807, 2.05) is 18.3 Å². The van der Waals surface area contributed by atoms with E-state index in [1.165, 1.54) is 10.9 Å². The average molecular weight is 368 g/mol. The summed E-state index contributed by atoms with van der Waals surface area (Å²) in [4.78, 5) is 15.6. The Labute approximate surface area is 158 Å². The lowest BCUT2D eigenvalue weighted by Crippen LogP contribution is -2.12. The Morgan fingerprint density at radius 3 is 2.41 bits per heavy atom. The fourth-order valence-corrected chi connectivity index (χ4v) is 3.15. The van der Waals surface area contributed by atoms with Crippen molar-refractivity contribution in [3.63, 3.8) is 0 Å². The normalized spacial score (nSPS) is 10.6. The van der Waals surface area contributed by atoms with E-state index in [4.69, 9.17) is 14.2 Å². The Morgan fingerprint density at radius 1 is 1.04 bits per heavy atom. The van der Waals surface area contributed by atoms with Crippen LogP contribution in [0.25, 0.3) is 10.9 Å². The largest absolute Gasteiger partial charge is 0.493 e. The van der Waals surface area contributed by atoms with Crippen LogP contribution in [0.15, 0.2) is 42.6 Å². The van der Waals surface area contributed by atoms with Gasteiger partial charge in [-0.2, -0.15) is 0 Å². The van der Waals surface area contributed by atoms with Crippen molar-refractivity contribution in [2.45, 2.75) is 19.3 Å². The number of rotatable bonds is 8. The number of nitrogens with one attached hydrogen (secondary N) is 2.